The number of carbonyl (C=O) groups excluding carboxylic acids is 1. The fraction of sp³-hybridized carbons (Fsp3) is 0.300. The predicted octanol–water partition coefficient (Wildman–Crippen LogP) is 2.70. The lowest BCUT2D eigenvalue weighted by Gasteiger charge is -2.30. The van der Waals surface area contributed by atoms with Crippen LogP contribution in [0.4, 0.5) is 0 Å². The largest absolute Gasteiger partial charge is 0.388 e. The van der Waals surface area contributed by atoms with Gasteiger partial charge in [-0.25, -0.2) is 0 Å². The number of fused-ring (bicyclic) bond motifs is 1. The summed E-state index contributed by atoms with van der Waals surface area (Å²) in [5.41, 5.74) is 2.57. The van der Waals surface area contributed by atoms with Gasteiger partial charge in [0.15, 0.2) is 6.29 Å². The van der Waals surface area contributed by atoms with E-state index >= 15 is 0 Å². The monoisotopic (exact) mass is 230 g/mol. The smallest absolute Gasteiger partial charge is 0.151 e. The Kier molecular flexibility index (Phi) is 2.30. The number of hydrogen-bond donors (Lipinski definition) is 1. The number of rotatable bonds is 1. The van der Waals surface area contributed by atoms with E-state index in [0.29, 0.717) is 33.2 Å². The molecule has 0 aliphatic heterocycles. The summed E-state index contributed by atoms with van der Waals surface area (Å²) in [6.07, 6.45) is 0.631. The van der Waals surface area contributed by atoms with E-state index in [4.69, 9.17) is 23.2 Å². The number of carbonyl (C=O) groups is 1. The molecule has 1 aromatic rings. The first-order valence-electron chi connectivity index (χ1n) is 4.21. The van der Waals surface area contributed by atoms with Crippen molar-refractivity contribution in [2.75, 3.05) is 0 Å². The lowest BCUT2D eigenvalue weighted by Crippen LogP contribution is -2.20. The van der Waals surface area contributed by atoms with Gasteiger partial charge < -0.3 is 5.11 Å². The van der Waals surface area contributed by atoms with Gasteiger partial charge in [0.1, 0.15) is 0 Å². The zero-order chi connectivity index (χ0) is 10.5. The first kappa shape index (κ1) is 9.97. The van der Waals surface area contributed by atoms with E-state index in [0.717, 1.165) is 11.8 Å². The number of benzene rings is 1. The van der Waals surface area contributed by atoms with E-state index in [1.54, 1.807) is 6.92 Å². The van der Waals surface area contributed by atoms with Crippen LogP contribution in [-0.4, -0.2) is 11.4 Å². The van der Waals surface area contributed by atoms with Crippen molar-refractivity contribution >= 4 is 29.5 Å². The minimum atomic E-state index is -0.549. The van der Waals surface area contributed by atoms with E-state index in [-0.39, 0.29) is 0 Å². The Hall–Kier alpha value is -0.570. The highest BCUT2D eigenvalue weighted by atomic mass is 35.5. The highest BCUT2D eigenvalue weighted by Crippen LogP contribution is 2.45. The van der Waals surface area contributed by atoms with Crippen LogP contribution in [0.25, 0.3) is 0 Å². The van der Waals surface area contributed by atoms with Crippen LogP contribution < -0.4 is 0 Å². The molecular weight excluding hydrogens is 223 g/mol. The van der Waals surface area contributed by atoms with Gasteiger partial charge >= 0.3 is 0 Å². The summed E-state index contributed by atoms with van der Waals surface area (Å²) in [6.45, 7) is 1.74. The van der Waals surface area contributed by atoms with Crippen LogP contribution in [-0.2, 0) is 6.42 Å². The van der Waals surface area contributed by atoms with E-state index in [9.17, 15) is 9.90 Å². The molecule has 2 rings (SSSR count). The average molecular weight is 231 g/mol. The van der Waals surface area contributed by atoms with Crippen molar-refractivity contribution in [3.05, 3.63) is 32.3 Å². The number of aliphatic hydroxyl groups excluding tert-OH is 1. The van der Waals surface area contributed by atoms with E-state index in [1.807, 2.05) is 0 Å². The van der Waals surface area contributed by atoms with Crippen LogP contribution >= 0.6 is 23.2 Å². The molecule has 0 aromatic heterocycles. The minimum absolute atomic E-state index is 0.399. The number of aliphatic hydroxyl groups is 1. The molecule has 0 fully saturated rings. The van der Waals surface area contributed by atoms with Gasteiger partial charge in [-0.2, -0.15) is 0 Å². The van der Waals surface area contributed by atoms with Gasteiger partial charge in [-0.3, -0.25) is 4.79 Å². The van der Waals surface area contributed by atoms with Gasteiger partial charge in [0.2, 0.25) is 0 Å². The number of halogens is 2. The molecule has 0 heterocycles. The van der Waals surface area contributed by atoms with Crippen molar-refractivity contribution < 1.29 is 9.90 Å². The fourth-order valence-electron chi connectivity index (χ4n) is 1.76. The second kappa shape index (κ2) is 3.23. The minimum Gasteiger partial charge on any atom is -0.388 e. The maximum absolute atomic E-state index is 10.8. The van der Waals surface area contributed by atoms with Crippen molar-refractivity contribution in [1.29, 1.82) is 0 Å². The Morgan fingerprint density at radius 2 is 2.07 bits per heavy atom. The molecule has 1 atom stereocenters. The third-order valence-corrected chi connectivity index (χ3v) is 3.60. The van der Waals surface area contributed by atoms with Crippen LogP contribution in [0, 0.1) is 6.92 Å². The SMILES string of the molecule is Cc1c(Cl)c(C=O)c2c(c1Cl)C(O)C2. The normalized spacial score (nSPS) is 18.7. The highest BCUT2D eigenvalue weighted by molar-refractivity contribution is 6.38. The maximum atomic E-state index is 10.8. The first-order valence-corrected chi connectivity index (χ1v) is 4.97. The molecule has 74 valence electrons. The van der Waals surface area contributed by atoms with Crippen molar-refractivity contribution in [3.63, 3.8) is 0 Å². The quantitative estimate of drug-likeness (QED) is 0.754. The fourth-order valence-corrected chi connectivity index (χ4v) is 2.40. The molecule has 1 aliphatic carbocycles. The third-order valence-electron chi connectivity index (χ3n) is 2.63. The zero-order valence-corrected chi connectivity index (χ0v) is 8.99. The maximum Gasteiger partial charge on any atom is 0.151 e. The second-order valence-corrected chi connectivity index (χ2v) is 4.15. The van der Waals surface area contributed by atoms with Crippen molar-refractivity contribution in [2.24, 2.45) is 0 Å². The molecule has 14 heavy (non-hydrogen) atoms. The average Bonchev–Trinajstić information content (AvgIpc) is 2.14. The zero-order valence-electron chi connectivity index (χ0n) is 7.47. The predicted molar refractivity (Wildman–Crippen MR) is 55.3 cm³/mol. The standard InChI is InChI=1S/C10H8Cl2O2/c1-4-9(11)6(3-13)5-2-7(14)8(5)10(4)12/h3,7,14H,2H2,1H3. The van der Waals surface area contributed by atoms with E-state index in [2.05, 4.69) is 0 Å². The topological polar surface area (TPSA) is 37.3 Å². The molecule has 1 N–H and O–H groups in total. The van der Waals surface area contributed by atoms with Crippen LogP contribution in [0.3, 0.4) is 0 Å². The van der Waals surface area contributed by atoms with Gasteiger partial charge in [0.25, 0.3) is 0 Å². The lowest BCUT2D eigenvalue weighted by atomic mass is 9.81. The summed E-state index contributed by atoms with van der Waals surface area (Å²) in [4.78, 5) is 10.8. The van der Waals surface area contributed by atoms with Crippen molar-refractivity contribution in [3.8, 4) is 0 Å². The Labute approximate surface area is 91.4 Å². The molecular formula is C10H8Cl2O2. The molecule has 4 heteroatoms. The highest BCUT2D eigenvalue weighted by Gasteiger charge is 2.32. The Morgan fingerprint density at radius 1 is 1.43 bits per heavy atom. The summed E-state index contributed by atoms with van der Waals surface area (Å²) in [7, 11) is 0. The molecule has 1 aliphatic rings. The van der Waals surface area contributed by atoms with Crippen molar-refractivity contribution in [2.45, 2.75) is 19.4 Å². The Balaban J connectivity index is 2.78. The van der Waals surface area contributed by atoms with Crippen molar-refractivity contribution in [1.82, 2.24) is 0 Å². The summed E-state index contributed by atoms with van der Waals surface area (Å²) in [5, 5.41) is 10.4. The van der Waals surface area contributed by atoms with Crippen LogP contribution in [0.15, 0.2) is 0 Å². The lowest BCUT2D eigenvalue weighted by molar-refractivity contribution is 0.111. The molecule has 1 unspecified atom stereocenters. The van der Waals surface area contributed by atoms with Crippen LogP contribution in [0.1, 0.15) is 33.2 Å². The van der Waals surface area contributed by atoms with E-state index in [1.165, 1.54) is 0 Å². The third kappa shape index (κ3) is 1.11. The molecule has 0 saturated carbocycles. The van der Waals surface area contributed by atoms with Gasteiger partial charge in [0, 0.05) is 17.5 Å². The Bertz CT molecular complexity index is 427. The summed E-state index contributed by atoms with van der Waals surface area (Å²) in [5.74, 6) is 0. The summed E-state index contributed by atoms with van der Waals surface area (Å²) >= 11 is 12.0. The first-order chi connectivity index (χ1) is 6.57. The van der Waals surface area contributed by atoms with Gasteiger partial charge in [-0.15, -0.1) is 0 Å². The number of hydrogen-bond acceptors (Lipinski definition) is 2. The van der Waals surface area contributed by atoms with E-state index < -0.39 is 6.10 Å². The second-order valence-electron chi connectivity index (χ2n) is 3.40. The molecule has 0 spiro atoms. The molecule has 0 amide bonds. The summed E-state index contributed by atoms with van der Waals surface area (Å²) in [6, 6.07) is 0. The Morgan fingerprint density at radius 3 is 2.57 bits per heavy atom. The summed E-state index contributed by atoms with van der Waals surface area (Å²) < 4.78 is 0. The van der Waals surface area contributed by atoms with Gasteiger partial charge in [-0.1, -0.05) is 23.2 Å². The molecule has 2 nitrogen and oxygen atoms in total. The molecule has 0 saturated heterocycles. The van der Waals surface area contributed by atoms with Crippen LogP contribution in [0.5, 0.6) is 0 Å². The number of aldehydes is 1. The molecule has 0 radical (unpaired) electrons. The van der Waals surface area contributed by atoms with Gasteiger partial charge in [-0.05, 0) is 18.1 Å². The van der Waals surface area contributed by atoms with Gasteiger partial charge in [0.05, 0.1) is 16.1 Å². The molecule has 0 bridgehead atoms. The molecule has 1 aromatic carbocycles. The van der Waals surface area contributed by atoms with Crippen LogP contribution in [0.2, 0.25) is 10.0 Å².